The highest BCUT2D eigenvalue weighted by molar-refractivity contribution is 7.09. The van der Waals surface area contributed by atoms with Gasteiger partial charge in [-0.1, -0.05) is 6.07 Å². The van der Waals surface area contributed by atoms with E-state index in [1.807, 2.05) is 18.9 Å². The first kappa shape index (κ1) is 13.3. The lowest BCUT2D eigenvalue weighted by Gasteiger charge is -2.28. The van der Waals surface area contributed by atoms with E-state index in [1.54, 1.807) is 11.3 Å². The Kier molecular flexibility index (Phi) is 4.19. The molecule has 1 aliphatic heterocycles. The Hall–Kier alpha value is -1.13. The highest BCUT2D eigenvalue weighted by atomic mass is 32.1. The average Bonchev–Trinajstić information content (AvgIpc) is 2.77. The molecule has 98 valence electrons. The molecule has 1 unspecified atom stereocenters. The summed E-state index contributed by atoms with van der Waals surface area (Å²) in [6.45, 7) is 5.77. The minimum Gasteiger partial charge on any atom is -0.339 e. The molecule has 0 aromatic carbocycles. The Balaban J connectivity index is 1.97. The number of nitrogens with one attached hydrogen (secondary N) is 1. The van der Waals surface area contributed by atoms with Crippen LogP contribution in [0.4, 0.5) is 0 Å². The van der Waals surface area contributed by atoms with Gasteiger partial charge in [-0.3, -0.25) is 4.79 Å². The second-order valence-corrected chi connectivity index (χ2v) is 5.91. The molecule has 0 bridgehead atoms. The third-order valence-corrected chi connectivity index (χ3v) is 4.48. The highest BCUT2D eigenvalue weighted by Crippen LogP contribution is 2.16. The van der Waals surface area contributed by atoms with Gasteiger partial charge in [-0.05, 0) is 30.9 Å². The molecule has 2 rings (SSSR count). The monoisotopic (exact) mass is 264 g/mol. The zero-order valence-electron chi connectivity index (χ0n) is 11.2. The smallest absolute Gasteiger partial charge is 0.249 e. The minimum absolute atomic E-state index is 0.163. The summed E-state index contributed by atoms with van der Waals surface area (Å²) in [4.78, 5) is 15.5. The maximum absolute atomic E-state index is 12.3. The lowest BCUT2D eigenvalue weighted by molar-refractivity contribution is -0.127. The SMILES string of the molecule is CC(C(=O)N(C)C(C)Cc1cccs1)=C1CNC1. The van der Waals surface area contributed by atoms with Crippen LogP contribution in [0.5, 0.6) is 0 Å². The van der Waals surface area contributed by atoms with Crippen molar-refractivity contribution in [3.05, 3.63) is 33.5 Å². The summed E-state index contributed by atoms with van der Waals surface area (Å²) >= 11 is 1.75. The topological polar surface area (TPSA) is 32.3 Å². The second kappa shape index (κ2) is 5.67. The van der Waals surface area contributed by atoms with Crippen molar-refractivity contribution in [2.45, 2.75) is 26.3 Å². The molecule has 1 atom stereocenters. The molecule has 1 amide bonds. The molecular weight excluding hydrogens is 244 g/mol. The highest BCUT2D eigenvalue weighted by Gasteiger charge is 2.22. The molecule has 3 nitrogen and oxygen atoms in total. The van der Waals surface area contributed by atoms with E-state index in [2.05, 4.69) is 29.8 Å². The van der Waals surface area contributed by atoms with Crippen molar-refractivity contribution in [2.24, 2.45) is 0 Å². The van der Waals surface area contributed by atoms with Crippen LogP contribution in [0.1, 0.15) is 18.7 Å². The van der Waals surface area contributed by atoms with Gasteiger partial charge in [0.1, 0.15) is 0 Å². The number of hydrogen-bond donors (Lipinski definition) is 1. The molecule has 1 aliphatic rings. The van der Waals surface area contributed by atoms with Gasteiger partial charge in [0, 0.05) is 43.1 Å². The number of likely N-dealkylation sites (N-methyl/N-ethyl adjacent to an activating group) is 1. The first-order valence-corrected chi connectivity index (χ1v) is 7.16. The van der Waals surface area contributed by atoms with Gasteiger partial charge in [0.15, 0.2) is 0 Å². The Morgan fingerprint density at radius 2 is 2.28 bits per heavy atom. The van der Waals surface area contributed by atoms with Crippen molar-refractivity contribution in [1.82, 2.24) is 10.2 Å². The van der Waals surface area contributed by atoms with Crippen molar-refractivity contribution in [2.75, 3.05) is 20.1 Å². The summed E-state index contributed by atoms with van der Waals surface area (Å²) in [6, 6.07) is 4.42. The predicted molar refractivity (Wildman–Crippen MR) is 75.8 cm³/mol. The van der Waals surface area contributed by atoms with Gasteiger partial charge >= 0.3 is 0 Å². The molecule has 0 spiro atoms. The van der Waals surface area contributed by atoms with Crippen LogP contribution in [0.3, 0.4) is 0 Å². The first-order chi connectivity index (χ1) is 8.59. The van der Waals surface area contributed by atoms with E-state index >= 15 is 0 Å². The molecule has 1 N–H and O–H groups in total. The molecule has 1 aromatic rings. The molecule has 0 radical (unpaired) electrons. The fraction of sp³-hybridized carbons (Fsp3) is 0.500. The summed E-state index contributed by atoms with van der Waals surface area (Å²) in [5.74, 6) is 0.163. The number of hydrogen-bond acceptors (Lipinski definition) is 3. The lowest BCUT2D eigenvalue weighted by atomic mass is 10.0. The van der Waals surface area contributed by atoms with Crippen molar-refractivity contribution < 1.29 is 4.79 Å². The lowest BCUT2D eigenvalue weighted by Crippen LogP contribution is -2.41. The van der Waals surface area contributed by atoms with Crippen molar-refractivity contribution >= 4 is 17.2 Å². The number of rotatable bonds is 4. The quantitative estimate of drug-likeness (QED) is 0.844. The van der Waals surface area contributed by atoms with Crippen molar-refractivity contribution in [3.63, 3.8) is 0 Å². The maximum atomic E-state index is 12.3. The number of thiophene rings is 1. The summed E-state index contributed by atoms with van der Waals surface area (Å²) in [5, 5.41) is 5.26. The van der Waals surface area contributed by atoms with Gasteiger partial charge in [-0.15, -0.1) is 11.3 Å². The summed E-state index contributed by atoms with van der Waals surface area (Å²) in [6.07, 6.45) is 0.931. The van der Waals surface area contributed by atoms with Crippen molar-refractivity contribution in [1.29, 1.82) is 0 Å². The molecule has 0 saturated carbocycles. The third-order valence-electron chi connectivity index (χ3n) is 3.59. The van der Waals surface area contributed by atoms with Crippen LogP contribution in [-0.2, 0) is 11.2 Å². The van der Waals surface area contributed by atoms with E-state index < -0.39 is 0 Å². The van der Waals surface area contributed by atoms with Crippen LogP contribution in [0.15, 0.2) is 28.7 Å². The molecule has 0 aliphatic carbocycles. The Labute approximate surface area is 112 Å². The summed E-state index contributed by atoms with van der Waals surface area (Å²) < 4.78 is 0. The van der Waals surface area contributed by atoms with E-state index in [4.69, 9.17) is 0 Å². The van der Waals surface area contributed by atoms with E-state index in [9.17, 15) is 4.79 Å². The van der Waals surface area contributed by atoms with E-state index in [-0.39, 0.29) is 11.9 Å². The van der Waals surface area contributed by atoms with Crippen LogP contribution in [0, 0.1) is 0 Å². The fourth-order valence-electron chi connectivity index (χ4n) is 1.99. The summed E-state index contributed by atoms with van der Waals surface area (Å²) in [7, 11) is 1.90. The van der Waals surface area contributed by atoms with Gasteiger partial charge in [-0.2, -0.15) is 0 Å². The maximum Gasteiger partial charge on any atom is 0.249 e. The van der Waals surface area contributed by atoms with Crippen LogP contribution in [-0.4, -0.2) is 37.0 Å². The normalized spacial score (nSPS) is 16.1. The van der Waals surface area contributed by atoms with E-state index in [0.29, 0.717) is 0 Å². The molecule has 1 aromatic heterocycles. The third kappa shape index (κ3) is 2.82. The Bertz CT molecular complexity index is 444. The van der Waals surface area contributed by atoms with Crippen LogP contribution >= 0.6 is 11.3 Å². The number of amides is 1. The first-order valence-electron chi connectivity index (χ1n) is 6.28. The van der Waals surface area contributed by atoms with Crippen LogP contribution in [0.25, 0.3) is 0 Å². The molecular formula is C14H20N2OS. The van der Waals surface area contributed by atoms with E-state index in [0.717, 1.165) is 25.1 Å². The molecule has 18 heavy (non-hydrogen) atoms. The molecule has 1 saturated heterocycles. The second-order valence-electron chi connectivity index (χ2n) is 4.88. The Morgan fingerprint density at radius 3 is 2.78 bits per heavy atom. The molecule has 4 heteroatoms. The molecule has 1 fully saturated rings. The average molecular weight is 264 g/mol. The van der Waals surface area contributed by atoms with Gasteiger partial charge in [0.2, 0.25) is 5.91 Å². The number of nitrogens with zero attached hydrogens (tertiary/aromatic N) is 1. The van der Waals surface area contributed by atoms with Gasteiger partial charge in [0.25, 0.3) is 0 Å². The van der Waals surface area contributed by atoms with Gasteiger partial charge in [0.05, 0.1) is 0 Å². The largest absolute Gasteiger partial charge is 0.339 e. The van der Waals surface area contributed by atoms with E-state index in [1.165, 1.54) is 10.5 Å². The van der Waals surface area contributed by atoms with Crippen molar-refractivity contribution in [3.8, 4) is 0 Å². The molecule has 2 heterocycles. The standard InChI is InChI=1S/C14H20N2OS/c1-10(7-13-5-4-6-18-13)16(3)14(17)11(2)12-8-15-9-12/h4-6,10,15H,7-9H2,1-3H3. The van der Waals surface area contributed by atoms with Crippen LogP contribution < -0.4 is 5.32 Å². The summed E-state index contributed by atoms with van der Waals surface area (Å²) in [5.41, 5.74) is 2.16. The Morgan fingerprint density at radius 1 is 1.56 bits per heavy atom. The van der Waals surface area contributed by atoms with Gasteiger partial charge in [-0.25, -0.2) is 0 Å². The van der Waals surface area contributed by atoms with Crippen LogP contribution in [0.2, 0.25) is 0 Å². The predicted octanol–water partition coefficient (Wildman–Crippen LogP) is 2.06. The number of carbonyl (C=O) groups excluding carboxylic acids is 1. The minimum atomic E-state index is 0.163. The number of carbonyl (C=O) groups is 1. The zero-order valence-corrected chi connectivity index (χ0v) is 12.0. The zero-order chi connectivity index (χ0) is 13.1. The van der Waals surface area contributed by atoms with Gasteiger partial charge < -0.3 is 10.2 Å². The fourth-order valence-corrected chi connectivity index (χ4v) is 2.81.